The number of hydrogen-bond acceptors (Lipinski definition) is 6. The van der Waals surface area contributed by atoms with E-state index in [1.807, 2.05) is 78.9 Å². The summed E-state index contributed by atoms with van der Waals surface area (Å²) in [4.78, 5) is 42.1. The number of ether oxygens (including phenoxy) is 2. The van der Waals surface area contributed by atoms with Gasteiger partial charge in [0.05, 0.1) is 10.3 Å². The molecule has 6 aromatic rings. The predicted octanol–water partition coefficient (Wildman–Crippen LogP) is 10.0. The zero-order chi connectivity index (χ0) is 39.6. The van der Waals surface area contributed by atoms with Crippen molar-refractivity contribution in [2.75, 3.05) is 30.4 Å². The van der Waals surface area contributed by atoms with E-state index in [0.717, 1.165) is 38.9 Å². The molecule has 7 rings (SSSR count). The molecule has 1 N–H and O–H groups in total. The van der Waals surface area contributed by atoms with Crippen LogP contribution in [0.2, 0.25) is 0 Å². The quantitative estimate of drug-likeness (QED) is 0.0636. The Morgan fingerprint density at radius 1 is 0.702 bits per heavy atom. The lowest BCUT2D eigenvalue weighted by Crippen LogP contribution is -2.48. The Hall–Kier alpha value is -6.38. The van der Waals surface area contributed by atoms with Crippen LogP contribution in [-0.4, -0.2) is 49.5 Å². The van der Waals surface area contributed by atoms with Gasteiger partial charge in [0.25, 0.3) is 0 Å². The second-order valence-corrected chi connectivity index (χ2v) is 15.1. The van der Waals surface area contributed by atoms with Gasteiger partial charge < -0.3 is 19.7 Å². The first-order valence-corrected chi connectivity index (χ1v) is 20.0. The van der Waals surface area contributed by atoms with Gasteiger partial charge in [-0.15, -0.1) is 11.8 Å². The van der Waals surface area contributed by atoms with Gasteiger partial charge in [-0.2, -0.15) is 0 Å². The molecule has 286 valence electrons. The van der Waals surface area contributed by atoms with Crippen LogP contribution in [0.1, 0.15) is 51.0 Å². The normalized spacial score (nSPS) is 12.4. The van der Waals surface area contributed by atoms with Crippen molar-refractivity contribution in [2.45, 2.75) is 23.6 Å². The largest absolute Gasteiger partial charge is 0.458 e. The molecule has 1 aliphatic rings. The summed E-state index contributed by atoms with van der Waals surface area (Å²) >= 11 is 1.73. The molecule has 0 saturated carbocycles. The van der Waals surface area contributed by atoms with Gasteiger partial charge in [0, 0.05) is 23.9 Å². The second-order valence-electron chi connectivity index (χ2n) is 13.7. The summed E-state index contributed by atoms with van der Waals surface area (Å²) in [6.07, 6.45) is 0.832. The standard InChI is InChI=1S/C49H44N2O5S/c1-3-32-55-47(53)36-27-29-40(30-28-36)51(31-33-57-49(37-17-7-4-8-18-37,38-19-9-5-10-20-38)39-21-11-6-12-22-39)46(52)35(2)50-48(54)56-34-45-43-25-15-13-23-41(43)42-24-14-16-26-44(42)45/h3-30,35,45H,1,31-34H2,2H3,(H,50,54)/t35-/m0/s1. The summed E-state index contributed by atoms with van der Waals surface area (Å²) in [5, 5.41) is 2.80. The molecule has 57 heavy (non-hydrogen) atoms. The van der Waals surface area contributed by atoms with Crippen molar-refractivity contribution in [3.63, 3.8) is 0 Å². The first kappa shape index (κ1) is 38.9. The van der Waals surface area contributed by atoms with Gasteiger partial charge in [-0.1, -0.05) is 152 Å². The highest BCUT2D eigenvalue weighted by Crippen LogP contribution is 2.48. The van der Waals surface area contributed by atoms with Crippen LogP contribution in [0, 0.1) is 0 Å². The molecule has 0 aliphatic heterocycles. The third-order valence-electron chi connectivity index (χ3n) is 10.2. The van der Waals surface area contributed by atoms with Gasteiger partial charge in [0.2, 0.25) is 5.91 Å². The average Bonchev–Trinajstić information content (AvgIpc) is 3.59. The molecule has 0 saturated heterocycles. The number of carbonyl (C=O) groups is 3. The van der Waals surface area contributed by atoms with Crippen LogP contribution in [-0.2, 0) is 19.0 Å². The van der Waals surface area contributed by atoms with E-state index in [9.17, 15) is 14.4 Å². The summed E-state index contributed by atoms with van der Waals surface area (Å²) in [6.45, 7) is 5.79. The molecule has 0 bridgehead atoms. The van der Waals surface area contributed by atoms with Crippen molar-refractivity contribution < 1.29 is 23.9 Å². The molecule has 0 aromatic heterocycles. The maximum absolute atomic E-state index is 14.4. The summed E-state index contributed by atoms with van der Waals surface area (Å²) in [5.41, 5.74) is 8.73. The molecule has 8 heteroatoms. The Morgan fingerprint density at radius 2 is 1.19 bits per heavy atom. The highest BCUT2D eigenvalue weighted by Gasteiger charge is 2.37. The van der Waals surface area contributed by atoms with Crippen LogP contribution < -0.4 is 10.2 Å². The van der Waals surface area contributed by atoms with E-state index in [1.165, 1.54) is 6.08 Å². The molecule has 0 spiro atoms. The Bertz CT molecular complexity index is 2170. The molecule has 1 aliphatic carbocycles. The van der Waals surface area contributed by atoms with E-state index < -0.39 is 22.9 Å². The van der Waals surface area contributed by atoms with Crippen LogP contribution in [0.3, 0.4) is 0 Å². The lowest BCUT2D eigenvalue weighted by molar-refractivity contribution is -0.120. The molecule has 7 nitrogen and oxygen atoms in total. The van der Waals surface area contributed by atoms with E-state index in [-0.39, 0.29) is 25.0 Å². The highest BCUT2D eigenvalue weighted by molar-refractivity contribution is 8.00. The Kier molecular flexibility index (Phi) is 12.3. The number of amides is 2. The number of alkyl carbamates (subject to hydrolysis) is 1. The molecule has 2 amide bonds. The molecular weight excluding hydrogens is 729 g/mol. The van der Waals surface area contributed by atoms with Crippen molar-refractivity contribution in [3.05, 3.63) is 210 Å². The number of thioether (sulfide) groups is 1. The maximum Gasteiger partial charge on any atom is 0.407 e. The minimum absolute atomic E-state index is 0.0907. The summed E-state index contributed by atoms with van der Waals surface area (Å²) in [5.74, 6) is -0.404. The van der Waals surface area contributed by atoms with Gasteiger partial charge in [0.1, 0.15) is 19.3 Å². The van der Waals surface area contributed by atoms with E-state index in [0.29, 0.717) is 23.5 Å². The number of anilines is 1. The first-order valence-electron chi connectivity index (χ1n) is 19.0. The monoisotopic (exact) mass is 772 g/mol. The predicted molar refractivity (Wildman–Crippen MR) is 229 cm³/mol. The average molecular weight is 773 g/mol. The second kappa shape index (κ2) is 18.0. The molecule has 0 fully saturated rings. The molecule has 0 radical (unpaired) electrons. The van der Waals surface area contributed by atoms with Crippen LogP contribution in [0.4, 0.5) is 10.5 Å². The number of rotatable bonds is 15. The van der Waals surface area contributed by atoms with Crippen molar-refractivity contribution in [1.82, 2.24) is 5.32 Å². The molecule has 6 aromatic carbocycles. The molecular formula is C49H44N2O5S. The summed E-state index contributed by atoms with van der Waals surface area (Å²) in [7, 11) is 0. The Labute approximate surface area is 338 Å². The van der Waals surface area contributed by atoms with E-state index in [4.69, 9.17) is 9.47 Å². The third-order valence-corrected chi connectivity index (χ3v) is 11.8. The van der Waals surface area contributed by atoms with Gasteiger partial charge >= 0.3 is 12.1 Å². The van der Waals surface area contributed by atoms with Crippen LogP contribution in [0.15, 0.2) is 176 Å². The van der Waals surface area contributed by atoms with Gasteiger partial charge in [-0.25, -0.2) is 9.59 Å². The van der Waals surface area contributed by atoms with Crippen molar-refractivity contribution in [2.24, 2.45) is 0 Å². The molecule has 0 heterocycles. The smallest absolute Gasteiger partial charge is 0.407 e. The molecule has 0 unspecified atom stereocenters. The van der Waals surface area contributed by atoms with Crippen molar-refractivity contribution >= 4 is 35.4 Å². The van der Waals surface area contributed by atoms with Crippen molar-refractivity contribution in [3.8, 4) is 11.1 Å². The minimum Gasteiger partial charge on any atom is -0.458 e. The fourth-order valence-electron chi connectivity index (χ4n) is 7.53. The number of carbonyl (C=O) groups excluding carboxylic acids is 3. The number of nitrogens with zero attached hydrogens (tertiary/aromatic N) is 1. The maximum atomic E-state index is 14.4. The number of esters is 1. The van der Waals surface area contributed by atoms with E-state index in [1.54, 1.807) is 47.9 Å². The van der Waals surface area contributed by atoms with Gasteiger partial charge in [-0.3, -0.25) is 4.79 Å². The number of benzene rings is 6. The lowest BCUT2D eigenvalue weighted by atomic mass is 9.84. The lowest BCUT2D eigenvalue weighted by Gasteiger charge is -2.36. The zero-order valence-electron chi connectivity index (χ0n) is 31.8. The summed E-state index contributed by atoms with van der Waals surface area (Å²) in [6, 6.07) is 53.3. The topological polar surface area (TPSA) is 84.9 Å². The number of hydrogen-bond donors (Lipinski definition) is 1. The first-order chi connectivity index (χ1) is 27.9. The van der Waals surface area contributed by atoms with E-state index >= 15 is 0 Å². The van der Waals surface area contributed by atoms with E-state index in [2.05, 4.69) is 72.6 Å². The number of nitrogens with one attached hydrogen (secondary N) is 1. The summed E-state index contributed by atoms with van der Waals surface area (Å²) < 4.78 is 10.4. The zero-order valence-corrected chi connectivity index (χ0v) is 32.6. The fraction of sp³-hybridized carbons (Fsp3) is 0.163. The van der Waals surface area contributed by atoms with Crippen LogP contribution in [0.25, 0.3) is 11.1 Å². The number of fused-ring (bicyclic) bond motifs is 3. The Morgan fingerprint density at radius 3 is 1.70 bits per heavy atom. The third kappa shape index (κ3) is 8.42. The van der Waals surface area contributed by atoms with Crippen molar-refractivity contribution in [1.29, 1.82) is 0 Å². The van der Waals surface area contributed by atoms with Gasteiger partial charge in [-0.05, 0) is 70.1 Å². The minimum atomic E-state index is -0.926. The van der Waals surface area contributed by atoms with Crippen LogP contribution >= 0.6 is 11.8 Å². The fourth-order valence-corrected chi connectivity index (χ4v) is 9.02. The van der Waals surface area contributed by atoms with Crippen LogP contribution in [0.5, 0.6) is 0 Å². The molecule has 1 atom stereocenters. The Balaban J connectivity index is 1.13. The SMILES string of the molecule is C=CCOC(=O)c1ccc(N(CCSC(c2ccccc2)(c2ccccc2)c2ccccc2)C(=O)[C@H](C)NC(=O)OCC2c3ccccc3-c3ccccc32)cc1. The van der Waals surface area contributed by atoms with Gasteiger partial charge in [0.15, 0.2) is 0 Å². The highest BCUT2D eigenvalue weighted by atomic mass is 32.2.